The fourth-order valence-corrected chi connectivity index (χ4v) is 2.37. The van der Waals surface area contributed by atoms with Crippen molar-refractivity contribution in [1.29, 1.82) is 0 Å². The maximum Gasteiger partial charge on any atom is 0.127 e. The molecular formula is C18H15ClO2. The van der Waals surface area contributed by atoms with Crippen molar-refractivity contribution in [1.82, 2.24) is 0 Å². The van der Waals surface area contributed by atoms with E-state index in [0.29, 0.717) is 18.2 Å². The van der Waals surface area contributed by atoms with Crippen LogP contribution in [-0.2, 0) is 0 Å². The lowest BCUT2D eigenvalue weighted by Crippen LogP contribution is -2.09. The van der Waals surface area contributed by atoms with E-state index >= 15 is 0 Å². The van der Waals surface area contributed by atoms with Gasteiger partial charge in [0.05, 0.1) is 0 Å². The first kappa shape index (κ1) is 13.8. The molecule has 0 saturated heterocycles. The minimum absolute atomic E-state index is 0.476. The zero-order chi connectivity index (χ0) is 14.5. The van der Waals surface area contributed by atoms with Crippen LogP contribution in [-0.4, -0.2) is 13.2 Å². The van der Waals surface area contributed by atoms with Crippen molar-refractivity contribution in [3.05, 3.63) is 71.8 Å². The van der Waals surface area contributed by atoms with E-state index in [1.54, 1.807) is 6.07 Å². The third kappa shape index (κ3) is 3.47. The number of hydrogen-bond acceptors (Lipinski definition) is 2. The highest BCUT2D eigenvalue weighted by atomic mass is 35.5. The Bertz CT molecular complexity index is 735. The Kier molecular flexibility index (Phi) is 4.27. The first-order valence-electron chi connectivity index (χ1n) is 6.82. The molecule has 0 saturated carbocycles. The maximum absolute atomic E-state index is 5.91. The molecule has 0 atom stereocenters. The third-order valence-corrected chi connectivity index (χ3v) is 3.39. The smallest absolute Gasteiger partial charge is 0.127 e. The Balaban J connectivity index is 1.60. The van der Waals surface area contributed by atoms with Gasteiger partial charge >= 0.3 is 0 Å². The molecule has 0 bridgehead atoms. The Morgan fingerprint density at radius 2 is 1.52 bits per heavy atom. The summed E-state index contributed by atoms with van der Waals surface area (Å²) in [5, 5.41) is 2.95. The van der Waals surface area contributed by atoms with Gasteiger partial charge in [-0.3, -0.25) is 0 Å². The van der Waals surface area contributed by atoms with Crippen molar-refractivity contribution in [2.45, 2.75) is 0 Å². The van der Waals surface area contributed by atoms with Gasteiger partial charge in [-0.25, -0.2) is 0 Å². The van der Waals surface area contributed by atoms with Crippen LogP contribution in [0.15, 0.2) is 66.7 Å². The van der Waals surface area contributed by atoms with Crippen LogP contribution in [0, 0.1) is 0 Å². The molecule has 0 aliphatic rings. The lowest BCUT2D eigenvalue weighted by molar-refractivity contribution is 0.219. The second-order valence-electron chi connectivity index (χ2n) is 4.63. The van der Waals surface area contributed by atoms with Crippen LogP contribution in [0.2, 0.25) is 5.02 Å². The lowest BCUT2D eigenvalue weighted by atomic mass is 10.1. The summed E-state index contributed by atoms with van der Waals surface area (Å²) in [6.45, 7) is 0.962. The molecule has 3 aromatic rings. The van der Waals surface area contributed by atoms with Gasteiger partial charge in [-0.15, -0.1) is 0 Å². The molecule has 0 unspecified atom stereocenters. The van der Waals surface area contributed by atoms with Gasteiger partial charge in [0.1, 0.15) is 24.7 Å². The van der Waals surface area contributed by atoms with E-state index in [0.717, 1.165) is 16.9 Å². The van der Waals surface area contributed by atoms with Gasteiger partial charge in [0.15, 0.2) is 0 Å². The average molecular weight is 299 g/mol. The van der Waals surface area contributed by atoms with Crippen molar-refractivity contribution >= 4 is 22.4 Å². The first-order valence-corrected chi connectivity index (χ1v) is 7.20. The second kappa shape index (κ2) is 6.51. The quantitative estimate of drug-likeness (QED) is 0.620. The van der Waals surface area contributed by atoms with Gasteiger partial charge in [-0.05, 0) is 29.7 Å². The van der Waals surface area contributed by atoms with E-state index < -0.39 is 0 Å². The molecule has 0 amide bonds. The minimum atomic E-state index is 0.476. The van der Waals surface area contributed by atoms with Crippen LogP contribution in [0.4, 0.5) is 0 Å². The van der Waals surface area contributed by atoms with E-state index in [9.17, 15) is 0 Å². The van der Waals surface area contributed by atoms with Gasteiger partial charge in [0, 0.05) is 10.4 Å². The van der Waals surface area contributed by atoms with Crippen LogP contribution in [0.5, 0.6) is 11.5 Å². The third-order valence-electron chi connectivity index (χ3n) is 3.16. The summed E-state index contributed by atoms with van der Waals surface area (Å²) in [6.07, 6.45) is 0. The second-order valence-corrected chi connectivity index (χ2v) is 5.07. The van der Waals surface area contributed by atoms with Crippen LogP contribution >= 0.6 is 11.6 Å². The molecule has 0 aromatic heterocycles. The normalized spacial score (nSPS) is 10.5. The molecule has 3 heteroatoms. The fourth-order valence-electron chi connectivity index (χ4n) is 2.19. The molecular weight excluding hydrogens is 284 g/mol. The van der Waals surface area contributed by atoms with Crippen molar-refractivity contribution in [2.75, 3.05) is 13.2 Å². The molecule has 0 spiro atoms. The summed E-state index contributed by atoms with van der Waals surface area (Å²) in [7, 11) is 0. The summed E-state index contributed by atoms with van der Waals surface area (Å²) in [5.41, 5.74) is 0. The van der Waals surface area contributed by atoms with Crippen molar-refractivity contribution in [3.63, 3.8) is 0 Å². The number of fused-ring (bicyclic) bond motifs is 1. The number of ether oxygens (including phenoxy) is 2. The summed E-state index contributed by atoms with van der Waals surface area (Å²) in [5.74, 6) is 1.63. The average Bonchev–Trinajstić information content (AvgIpc) is 2.52. The fraction of sp³-hybridized carbons (Fsp3) is 0.111. The summed E-state index contributed by atoms with van der Waals surface area (Å²) in [6, 6.07) is 21.6. The van der Waals surface area contributed by atoms with Gasteiger partial charge in [0.2, 0.25) is 0 Å². The van der Waals surface area contributed by atoms with E-state index in [1.165, 1.54) is 5.39 Å². The van der Waals surface area contributed by atoms with Crippen molar-refractivity contribution < 1.29 is 9.47 Å². The highest BCUT2D eigenvalue weighted by Crippen LogP contribution is 2.25. The molecule has 3 rings (SSSR count). The molecule has 21 heavy (non-hydrogen) atoms. The van der Waals surface area contributed by atoms with Crippen LogP contribution < -0.4 is 9.47 Å². The van der Waals surface area contributed by atoms with Gasteiger partial charge in [-0.1, -0.05) is 54.1 Å². The molecule has 2 nitrogen and oxygen atoms in total. The van der Waals surface area contributed by atoms with Crippen LogP contribution in [0.25, 0.3) is 10.8 Å². The molecule has 0 aliphatic heterocycles. The van der Waals surface area contributed by atoms with Gasteiger partial charge < -0.3 is 9.47 Å². The molecule has 0 radical (unpaired) electrons. The molecule has 3 aromatic carbocycles. The van der Waals surface area contributed by atoms with Crippen LogP contribution in [0.1, 0.15) is 0 Å². The maximum atomic E-state index is 5.91. The Labute approximate surface area is 128 Å². The van der Waals surface area contributed by atoms with Crippen molar-refractivity contribution in [2.24, 2.45) is 0 Å². The topological polar surface area (TPSA) is 18.5 Å². The standard InChI is InChI=1S/C18H15ClO2/c19-15-7-4-8-16(13-15)20-11-12-21-18-10-3-6-14-5-1-2-9-17(14)18/h1-10,13H,11-12H2. The number of benzene rings is 3. The predicted molar refractivity (Wildman–Crippen MR) is 86.4 cm³/mol. The van der Waals surface area contributed by atoms with E-state index in [4.69, 9.17) is 21.1 Å². The highest BCUT2D eigenvalue weighted by Gasteiger charge is 2.01. The Hall–Kier alpha value is -2.19. The summed E-state index contributed by atoms with van der Waals surface area (Å²) in [4.78, 5) is 0. The summed E-state index contributed by atoms with van der Waals surface area (Å²) >= 11 is 5.91. The number of rotatable bonds is 5. The Morgan fingerprint density at radius 3 is 2.43 bits per heavy atom. The molecule has 0 heterocycles. The SMILES string of the molecule is Clc1cccc(OCCOc2cccc3ccccc23)c1. The zero-order valence-corrected chi connectivity index (χ0v) is 12.2. The summed E-state index contributed by atoms with van der Waals surface area (Å²) < 4.78 is 11.4. The monoisotopic (exact) mass is 298 g/mol. The lowest BCUT2D eigenvalue weighted by Gasteiger charge is -2.10. The molecule has 0 fully saturated rings. The van der Waals surface area contributed by atoms with Gasteiger partial charge in [0.25, 0.3) is 0 Å². The van der Waals surface area contributed by atoms with Crippen molar-refractivity contribution in [3.8, 4) is 11.5 Å². The zero-order valence-electron chi connectivity index (χ0n) is 11.5. The minimum Gasteiger partial charge on any atom is -0.490 e. The Morgan fingerprint density at radius 1 is 0.762 bits per heavy atom. The predicted octanol–water partition coefficient (Wildman–Crippen LogP) is 4.95. The highest BCUT2D eigenvalue weighted by molar-refractivity contribution is 6.30. The molecule has 106 valence electrons. The van der Waals surface area contributed by atoms with E-state index in [-0.39, 0.29) is 0 Å². The first-order chi connectivity index (χ1) is 10.3. The molecule has 0 aliphatic carbocycles. The van der Waals surface area contributed by atoms with E-state index in [2.05, 4.69) is 18.2 Å². The van der Waals surface area contributed by atoms with Crippen LogP contribution in [0.3, 0.4) is 0 Å². The van der Waals surface area contributed by atoms with E-state index in [1.807, 2.05) is 42.5 Å². The number of hydrogen-bond donors (Lipinski definition) is 0. The van der Waals surface area contributed by atoms with Gasteiger partial charge in [-0.2, -0.15) is 0 Å². The molecule has 0 N–H and O–H groups in total. The number of halogens is 1. The largest absolute Gasteiger partial charge is 0.490 e.